The van der Waals surface area contributed by atoms with Crippen LogP contribution in [0, 0.1) is 4.77 Å². The molecule has 0 radical (unpaired) electrons. The monoisotopic (exact) mass is 325 g/mol. The van der Waals surface area contributed by atoms with Gasteiger partial charge in [-0.15, -0.1) is 0 Å². The van der Waals surface area contributed by atoms with Gasteiger partial charge in [0.2, 0.25) is 0 Å². The predicted octanol–water partition coefficient (Wildman–Crippen LogP) is 2.68. The molecule has 1 unspecified atom stereocenters. The second-order valence-corrected chi connectivity index (χ2v) is 6.11. The summed E-state index contributed by atoms with van der Waals surface area (Å²) in [5.74, 6) is 1.00. The van der Waals surface area contributed by atoms with Crippen LogP contribution in [0.25, 0.3) is 0 Å². The van der Waals surface area contributed by atoms with Gasteiger partial charge in [0.25, 0.3) is 0 Å². The van der Waals surface area contributed by atoms with Crippen molar-refractivity contribution in [1.29, 1.82) is 0 Å². The normalized spacial score (nSPS) is 19.8. The number of anilines is 2. The number of pyridine rings is 1. The summed E-state index contributed by atoms with van der Waals surface area (Å²) >= 11 is 5.13. The summed E-state index contributed by atoms with van der Waals surface area (Å²) < 4.78 is 0.327. The summed E-state index contributed by atoms with van der Waals surface area (Å²) in [6, 6.07) is 3.82. The molecule has 2 aromatic rings. The molecule has 1 aliphatic carbocycles. The molecule has 1 atom stereocenters. The number of hydrogen-bond acceptors (Lipinski definition) is 6. The Morgan fingerprint density at radius 1 is 1.26 bits per heavy atom. The lowest BCUT2D eigenvalue weighted by Crippen LogP contribution is -2.28. The molecule has 2 aliphatic rings. The number of carbonyl (C=O) groups excluding carboxylic acids is 1. The maximum absolute atomic E-state index is 12.6. The van der Waals surface area contributed by atoms with E-state index in [-0.39, 0.29) is 11.7 Å². The lowest BCUT2D eigenvalue weighted by Gasteiger charge is -2.33. The minimum absolute atomic E-state index is 0.160. The Bertz CT molecular complexity index is 887. The zero-order valence-electron chi connectivity index (χ0n) is 12.3. The van der Waals surface area contributed by atoms with E-state index in [0.717, 1.165) is 35.2 Å². The van der Waals surface area contributed by atoms with E-state index >= 15 is 0 Å². The van der Waals surface area contributed by atoms with Crippen molar-refractivity contribution >= 4 is 29.6 Å². The van der Waals surface area contributed by atoms with Crippen molar-refractivity contribution in [2.45, 2.75) is 25.2 Å². The first-order chi connectivity index (χ1) is 11.1. The number of nitrogens with one attached hydrogen (secondary N) is 2. The summed E-state index contributed by atoms with van der Waals surface area (Å²) in [6.45, 7) is 0. The minimum atomic E-state index is -0.239. The summed E-state index contributed by atoms with van der Waals surface area (Å²) in [4.78, 5) is 23.9. The van der Waals surface area contributed by atoms with Crippen LogP contribution in [0.2, 0.25) is 0 Å². The Morgan fingerprint density at radius 2 is 2.04 bits per heavy atom. The lowest BCUT2D eigenvalue weighted by atomic mass is 9.76. The number of rotatable bonds is 1. The van der Waals surface area contributed by atoms with E-state index in [4.69, 9.17) is 18.0 Å². The van der Waals surface area contributed by atoms with Crippen LogP contribution in [-0.2, 0) is 4.79 Å². The molecule has 0 bridgehead atoms. The molecule has 0 saturated heterocycles. The molecule has 2 aromatic heterocycles. The SMILES string of the molecule is Nc1[nH]c(=S)nc2c1C(c1ccncc1)C1=C(CCCC1=O)N2. The van der Waals surface area contributed by atoms with Gasteiger partial charge in [-0.25, -0.2) is 4.98 Å². The molecule has 0 fully saturated rings. The van der Waals surface area contributed by atoms with E-state index in [1.165, 1.54) is 0 Å². The Morgan fingerprint density at radius 3 is 2.83 bits per heavy atom. The van der Waals surface area contributed by atoms with Gasteiger partial charge >= 0.3 is 0 Å². The number of nitrogen functional groups attached to an aromatic ring is 1. The number of nitrogens with zero attached hydrogens (tertiary/aromatic N) is 2. The van der Waals surface area contributed by atoms with Gasteiger partial charge < -0.3 is 16.0 Å². The number of allylic oxidation sites excluding steroid dienone is 2. The smallest absolute Gasteiger partial charge is 0.200 e. The Hall–Kier alpha value is -2.54. The second-order valence-electron chi connectivity index (χ2n) is 5.73. The molecule has 6 nitrogen and oxygen atoms in total. The first-order valence-corrected chi connectivity index (χ1v) is 7.89. The molecular weight excluding hydrogens is 310 g/mol. The van der Waals surface area contributed by atoms with Crippen LogP contribution in [0.3, 0.4) is 0 Å². The lowest BCUT2D eigenvalue weighted by molar-refractivity contribution is -0.116. The largest absolute Gasteiger partial charge is 0.385 e. The zero-order valence-corrected chi connectivity index (χ0v) is 13.1. The fourth-order valence-corrected chi connectivity index (χ4v) is 3.59. The molecule has 3 heterocycles. The van der Waals surface area contributed by atoms with Crippen LogP contribution in [0.4, 0.5) is 11.6 Å². The topological polar surface area (TPSA) is 96.7 Å². The molecule has 116 valence electrons. The highest BCUT2D eigenvalue weighted by Gasteiger charge is 2.37. The van der Waals surface area contributed by atoms with Gasteiger partial charge in [0.15, 0.2) is 10.6 Å². The Kier molecular flexibility index (Phi) is 3.23. The van der Waals surface area contributed by atoms with Gasteiger partial charge in [0, 0.05) is 41.6 Å². The zero-order chi connectivity index (χ0) is 16.0. The third-order valence-electron chi connectivity index (χ3n) is 4.34. The van der Waals surface area contributed by atoms with Crippen LogP contribution in [-0.4, -0.2) is 20.7 Å². The molecule has 0 saturated carbocycles. The molecule has 0 spiro atoms. The number of Topliss-reactive ketones (excluding diaryl/α,β-unsaturated/α-hetero) is 1. The van der Waals surface area contributed by atoms with E-state index in [9.17, 15) is 4.79 Å². The molecule has 0 aromatic carbocycles. The van der Waals surface area contributed by atoms with Crippen molar-refractivity contribution in [1.82, 2.24) is 15.0 Å². The van der Waals surface area contributed by atoms with Gasteiger partial charge in [-0.05, 0) is 42.8 Å². The number of H-pyrrole nitrogens is 1. The molecule has 4 rings (SSSR count). The average molecular weight is 325 g/mol. The highest BCUT2D eigenvalue weighted by Crippen LogP contribution is 2.45. The van der Waals surface area contributed by atoms with Crippen LogP contribution in [0.5, 0.6) is 0 Å². The first-order valence-electron chi connectivity index (χ1n) is 7.48. The number of fused-ring (bicyclic) bond motifs is 1. The van der Waals surface area contributed by atoms with Gasteiger partial charge in [0.05, 0.1) is 0 Å². The highest BCUT2D eigenvalue weighted by atomic mass is 32.1. The van der Waals surface area contributed by atoms with E-state index < -0.39 is 0 Å². The molecule has 1 aliphatic heterocycles. The molecule has 7 heteroatoms. The van der Waals surface area contributed by atoms with E-state index in [2.05, 4.69) is 20.3 Å². The fourth-order valence-electron chi connectivity index (χ4n) is 3.39. The quantitative estimate of drug-likeness (QED) is 0.698. The summed E-state index contributed by atoms with van der Waals surface area (Å²) in [5.41, 5.74) is 9.66. The van der Waals surface area contributed by atoms with Crippen LogP contribution >= 0.6 is 12.2 Å². The van der Waals surface area contributed by atoms with Crippen molar-refractivity contribution in [2.24, 2.45) is 0 Å². The Labute approximate surface area is 137 Å². The third kappa shape index (κ3) is 2.24. The Balaban J connectivity index is 2.01. The van der Waals surface area contributed by atoms with Gasteiger partial charge in [-0.3, -0.25) is 9.78 Å². The summed E-state index contributed by atoms with van der Waals surface area (Å²) in [7, 11) is 0. The van der Waals surface area contributed by atoms with Crippen molar-refractivity contribution in [3.8, 4) is 0 Å². The summed E-state index contributed by atoms with van der Waals surface area (Å²) in [6.07, 6.45) is 5.68. The van der Waals surface area contributed by atoms with Crippen molar-refractivity contribution in [3.63, 3.8) is 0 Å². The number of ketones is 1. The number of hydrogen-bond donors (Lipinski definition) is 3. The molecule has 4 N–H and O–H groups in total. The van der Waals surface area contributed by atoms with E-state index in [1.807, 2.05) is 12.1 Å². The molecule has 0 amide bonds. The van der Waals surface area contributed by atoms with Crippen molar-refractivity contribution < 1.29 is 4.79 Å². The molecular formula is C16H15N5OS. The van der Waals surface area contributed by atoms with Gasteiger partial charge in [-0.2, -0.15) is 0 Å². The fraction of sp³-hybridized carbons (Fsp3) is 0.250. The number of aromatic nitrogens is 3. The van der Waals surface area contributed by atoms with Gasteiger partial charge in [0.1, 0.15) is 11.6 Å². The number of carbonyl (C=O) groups is 1. The highest BCUT2D eigenvalue weighted by molar-refractivity contribution is 7.71. The predicted molar refractivity (Wildman–Crippen MR) is 89.4 cm³/mol. The van der Waals surface area contributed by atoms with E-state index in [0.29, 0.717) is 22.8 Å². The number of nitrogens with two attached hydrogens (primary N) is 1. The van der Waals surface area contributed by atoms with Crippen LogP contribution < -0.4 is 11.1 Å². The number of aromatic amines is 1. The first kappa shape index (κ1) is 14.1. The average Bonchev–Trinajstić information content (AvgIpc) is 2.54. The van der Waals surface area contributed by atoms with Gasteiger partial charge in [-0.1, -0.05) is 0 Å². The minimum Gasteiger partial charge on any atom is -0.385 e. The van der Waals surface area contributed by atoms with Crippen LogP contribution in [0.1, 0.15) is 36.3 Å². The summed E-state index contributed by atoms with van der Waals surface area (Å²) in [5, 5.41) is 3.28. The maximum Gasteiger partial charge on any atom is 0.200 e. The van der Waals surface area contributed by atoms with Crippen LogP contribution in [0.15, 0.2) is 35.8 Å². The van der Waals surface area contributed by atoms with Crippen molar-refractivity contribution in [3.05, 3.63) is 51.7 Å². The standard InChI is InChI=1S/C16H15N5OS/c17-14-13-11(8-4-6-18-7-5-8)12-9(2-1-3-10(12)22)19-15(13)21-16(23)20-14/h4-7,11H,1-3H2,(H4,17,19,20,21,23). The van der Waals surface area contributed by atoms with Crippen molar-refractivity contribution in [2.75, 3.05) is 11.1 Å². The van der Waals surface area contributed by atoms with E-state index in [1.54, 1.807) is 12.4 Å². The third-order valence-corrected chi connectivity index (χ3v) is 4.54. The second kappa shape index (κ2) is 5.27. The molecule has 23 heavy (non-hydrogen) atoms. The maximum atomic E-state index is 12.6.